The summed E-state index contributed by atoms with van der Waals surface area (Å²) in [5, 5.41) is 0. The topological polar surface area (TPSA) is 34.4 Å². The molecule has 28 heavy (non-hydrogen) atoms. The summed E-state index contributed by atoms with van der Waals surface area (Å²) in [7, 11) is 0. The van der Waals surface area contributed by atoms with Crippen LogP contribution in [0.5, 0.6) is 0 Å². The molecule has 0 amide bonds. The third-order valence-electron chi connectivity index (χ3n) is 7.12. The SMILES string of the molecule is CC[NH+](CC)CCCCCCCCCCCCCCCCC1CCCCC1.[OH-]. The van der Waals surface area contributed by atoms with Gasteiger partial charge >= 0.3 is 0 Å². The number of hydrogen-bond donors (Lipinski definition) is 1. The molecule has 0 bridgehead atoms. The van der Waals surface area contributed by atoms with Gasteiger partial charge in [-0.1, -0.05) is 116 Å². The summed E-state index contributed by atoms with van der Waals surface area (Å²) < 4.78 is 0. The first kappa shape index (κ1) is 27.9. The Morgan fingerprint density at radius 3 is 1.36 bits per heavy atom. The minimum atomic E-state index is 0. The number of quaternary nitrogens is 1. The van der Waals surface area contributed by atoms with E-state index in [2.05, 4.69) is 13.8 Å². The molecule has 0 aromatic heterocycles. The fourth-order valence-corrected chi connectivity index (χ4v) is 5.01. The summed E-state index contributed by atoms with van der Waals surface area (Å²) in [6.45, 7) is 8.63. The zero-order chi connectivity index (χ0) is 19.4. The maximum absolute atomic E-state index is 2.32. The van der Waals surface area contributed by atoms with Gasteiger partial charge < -0.3 is 10.4 Å². The maximum atomic E-state index is 2.32. The molecule has 0 aliphatic heterocycles. The highest BCUT2D eigenvalue weighted by Crippen LogP contribution is 2.28. The largest absolute Gasteiger partial charge is 0.870 e. The van der Waals surface area contributed by atoms with E-state index in [9.17, 15) is 0 Å². The molecule has 0 saturated heterocycles. The van der Waals surface area contributed by atoms with Crippen molar-refractivity contribution in [3.05, 3.63) is 0 Å². The molecule has 2 heteroatoms. The Morgan fingerprint density at radius 1 is 0.536 bits per heavy atom. The van der Waals surface area contributed by atoms with Crippen molar-refractivity contribution in [3.8, 4) is 0 Å². The molecular weight excluding hydrogens is 342 g/mol. The van der Waals surface area contributed by atoms with Crippen molar-refractivity contribution < 1.29 is 10.4 Å². The lowest BCUT2D eigenvalue weighted by molar-refractivity contribution is -0.896. The Morgan fingerprint density at radius 2 is 0.929 bits per heavy atom. The van der Waals surface area contributed by atoms with E-state index < -0.39 is 0 Å². The first-order valence-corrected chi connectivity index (χ1v) is 13.2. The first-order chi connectivity index (χ1) is 13.4. The molecule has 2 nitrogen and oxygen atoms in total. The second-order valence-corrected chi connectivity index (χ2v) is 9.45. The molecule has 1 rings (SSSR count). The molecule has 0 unspecified atom stereocenters. The summed E-state index contributed by atoms with van der Waals surface area (Å²) in [5.74, 6) is 1.10. The van der Waals surface area contributed by atoms with Crippen LogP contribution in [0.15, 0.2) is 0 Å². The lowest BCUT2D eigenvalue weighted by atomic mass is 9.85. The van der Waals surface area contributed by atoms with Crippen molar-refractivity contribution in [1.82, 2.24) is 0 Å². The van der Waals surface area contributed by atoms with Crippen LogP contribution in [-0.2, 0) is 0 Å². The van der Waals surface area contributed by atoms with Crippen LogP contribution in [0.4, 0.5) is 0 Å². The second-order valence-electron chi connectivity index (χ2n) is 9.45. The van der Waals surface area contributed by atoms with Gasteiger partial charge in [0.1, 0.15) is 0 Å². The summed E-state index contributed by atoms with van der Waals surface area (Å²) in [6.07, 6.45) is 30.0. The standard InChI is InChI=1S/C26H53N.H2O/c1-3-27(4-2)25-21-16-14-12-10-8-6-5-7-9-11-13-15-18-22-26-23-19-17-20-24-26;/h26H,3-25H2,1-2H3;1H2. The number of nitrogens with one attached hydrogen (secondary N) is 1. The van der Waals surface area contributed by atoms with E-state index in [1.54, 1.807) is 4.90 Å². The molecule has 1 saturated carbocycles. The smallest absolute Gasteiger partial charge is 0.0770 e. The normalized spacial score (nSPS) is 15.1. The predicted octanol–water partition coefficient (Wildman–Crippen LogP) is 7.17. The molecule has 1 aliphatic rings. The van der Waals surface area contributed by atoms with Crippen LogP contribution in [0.2, 0.25) is 0 Å². The van der Waals surface area contributed by atoms with E-state index in [-0.39, 0.29) is 5.48 Å². The van der Waals surface area contributed by atoms with E-state index in [1.165, 1.54) is 148 Å². The number of hydrogen-bond acceptors (Lipinski definition) is 1. The second kappa shape index (κ2) is 21.6. The number of unbranched alkanes of at least 4 members (excludes halogenated alkanes) is 13. The number of rotatable bonds is 19. The van der Waals surface area contributed by atoms with Crippen LogP contribution in [0.1, 0.15) is 142 Å². The molecule has 2 N–H and O–H groups in total. The third kappa shape index (κ3) is 16.8. The van der Waals surface area contributed by atoms with E-state index in [1.807, 2.05) is 0 Å². The fourth-order valence-electron chi connectivity index (χ4n) is 5.01. The van der Waals surface area contributed by atoms with Crippen LogP contribution >= 0.6 is 0 Å². The zero-order valence-corrected chi connectivity index (χ0v) is 19.8. The third-order valence-corrected chi connectivity index (χ3v) is 7.12. The van der Waals surface area contributed by atoms with Gasteiger partial charge in [-0.25, -0.2) is 0 Å². The Kier molecular flexibility index (Phi) is 21.6. The van der Waals surface area contributed by atoms with E-state index in [0.717, 1.165) is 5.92 Å². The van der Waals surface area contributed by atoms with Crippen molar-refractivity contribution in [2.24, 2.45) is 5.92 Å². The minimum absolute atomic E-state index is 0. The molecule has 0 atom stereocenters. The molecular formula is C26H55NO. The first-order valence-electron chi connectivity index (χ1n) is 13.2. The van der Waals surface area contributed by atoms with Gasteiger partial charge in [0.05, 0.1) is 19.6 Å². The zero-order valence-electron chi connectivity index (χ0n) is 19.8. The van der Waals surface area contributed by atoms with E-state index in [0.29, 0.717) is 0 Å². The lowest BCUT2D eigenvalue weighted by Gasteiger charge is -2.21. The van der Waals surface area contributed by atoms with Gasteiger partial charge in [0.25, 0.3) is 0 Å². The van der Waals surface area contributed by atoms with E-state index >= 15 is 0 Å². The average molecular weight is 398 g/mol. The van der Waals surface area contributed by atoms with Crippen molar-refractivity contribution in [1.29, 1.82) is 0 Å². The minimum Gasteiger partial charge on any atom is -0.870 e. The van der Waals surface area contributed by atoms with Gasteiger partial charge in [-0.05, 0) is 32.6 Å². The average Bonchev–Trinajstić information content (AvgIpc) is 2.71. The maximum Gasteiger partial charge on any atom is 0.0770 e. The lowest BCUT2D eigenvalue weighted by Crippen LogP contribution is -3.11. The molecule has 0 heterocycles. The quantitative estimate of drug-likeness (QED) is 0.230. The van der Waals surface area contributed by atoms with Crippen LogP contribution in [0.25, 0.3) is 0 Å². The van der Waals surface area contributed by atoms with Crippen LogP contribution in [0, 0.1) is 5.92 Å². The van der Waals surface area contributed by atoms with Crippen LogP contribution in [0.3, 0.4) is 0 Å². The summed E-state index contributed by atoms with van der Waals surface area (Å²) in [4.78, 5) is 1.78. The van der Waals surface area contributed by atoms with Crippen LogP contribution < -0.4 is 4.90 Å². The molecule has 170 valence electrons. The Labute approximate surface area is 178 Å². The van der Waals surface area contributed by atoms with Crippen molar-refractivity contribution in [2.75, 3.05) is 19.6 Å². The molecule has 0 radical (unpaired) electrons. The van der Waals surface area contributed by atoms with Gasteiger partial charge in [-0.2, -0.15) is 0 Å². The summed E-state index contributed by atoms with van der Waals surface area (Å²) >= 11 is 0. The predicted molar refractivity (Wildman–Crippen MR) is 125 cm³/mol. The molecule has 0 aromatic rings. The Hall–Kier alpha value is -0.0800. The van der Waals surface area contributed by atoms with Gasteiger partial charge in [0.2, 0.25) is 0 Å². The molecule has 1 fully saturated rings. The van der Waals surface area contributed by atoms with Crippen molar-refractivity contribution >= 4 is 0 Å². The summed E-state index contributed by atoms with van der Waals surface area (Å²) in [5.41, 5.74) is 0. The van der Waals surface area contributed by atoms with Gasteiger partial charge in [0, 0.05) is 0 Å². The van der Waals surface area contributed by atoms with Crippen LogP contribution in [-0.4, -0.2) is 25.1 Å². The van der Waals surface area contributed by atoms with E-state index in [4.69, 9.17) is 0 Å². The molecule has 0 spiro atoms. The van der Waals surface area contributed by atoms with Gasteiger partial charge in [0.15, 0.2) is 0 Å². The summed E-state index contributed by atoms with van der Waals surface area (Å²) in [6, 6.07) is 0. The van der Waals surface area contributed by atoms with Crippen molar-refractivity contribution in [2.45, 2.75) is 142 Å². The van der Waals surface area contributed by atoms with Gasteiger partial charge in [-0.15, -0.1) is 0 Å². The Bertz CT molecular complexity index is 284. The highest BCUT2D eigenvalue weighted by atomic mass is 16.0. The highest BCUT2D eigenvalue weighted by Gasteiger charge is 2.12. The fraction of sp³-hybridized carbons (Fsp3) is 1.00. The highest BCUT2D eigenvalue weighted by molar-refractivity contribution is 4.65. The molecule has 1 aliphatic carbocycles. The Balaban J connectivity index is 0.00000729. The van der Waals surface area contributed by atoms with Gasteiger partial charge in [-0.3, -0.25) is 0 Å². The monoisotopic (exact) mass is 397 g/mol. The molecule has 0 aromatic carbocycles. The van der Waals surface area contributed by atoms with Crippen molar-refractivity contribution in [3.63, 3.8) is 0 Å².